The van der Waals surface area contributed by atoms with Gasteiger partial charge >= 0.3 is 18.2 Å². The normalized spacial score (nSPS) is 25.9. The zero-order valence-electron chi connectivity index (χ0n) is 35.7. The SMILES string of the molecule is CCCCOC(=O)NC(=NC=N)C1=CCC([C@]2(C#N)O[C@H](COC(O)CC3CCCCCC3)[C@@H](OC(=O)[C@@H](NC(=O)OC(C)(C)C)C(C)(C)C)C2O[Si](C)(C)C)N1. The summed E-state index contributed by atoms with van der Waals surface area (Å²) in [5.74, 6) is -0.489. The number of hydrogen-bond acceptors (Lipinski definition) is 13. The van der Waals surface area contributed by atoms with Crippen molar-refractivity contribution in [2.75, 3.05) is 13.2 Å². The Labute approximate surface area is 339 Å². The van der Waals surface area contributed by atoms with E-state index in [1.165, 1.54) is 12.8 Å². The third-order valence-electron chi connectivity index (χ3n) is 9.87. The third-order valence-corrected chi connectivity index (χ3v) is 10.8. The molecule has 0 aromatic carbocycles. The molecule has 0 bridgehead atoms. The Hall–Kier alpha value is -3.56. The van der Waals surface area contributed by atoms with Crippen LogP contribution < -0.4 is 16.0 Å². The Kier molecular flexibility index (Phi) is 17.5. The topological polar surface area (TPSA) is 223 Å². The number of aliphatic hydroxyl groups excluding tert-OH is 1. The Morgan fingerprint density at radius 2 is 1.81 bits per heavy atom. The molecule has 16 nitrogen and oxygen atoms in total. The van der Waals surface area contributed by atoms with E-state index in [1.807, 2.05) is 26.6 Å². The fourth-order valence-electron chi connectivity index (χ4n) is 7.15. The summed E-state index contributed by atoms with van der Waals surface area (Å²) in [4.78, 5) is 43.9. The average molecular weight is 821 g/mol. The molecular weight excluding hydrogens is 753 g/mol. The number of alkyl carbamates (subject to hydrolysis) is 2. The van der Waals surface area contributed by atoms with E-state index in [-0.39, 0.29) is 25.5 Å². The monoisotopic (exact) mass is 820 g/mol. The van der Waals surface area contributed by atoms with Crippen LogP contribution in [0.5, 0.6) is 0 Å². The maximum Gasteiger partial charge on any atom is 0.412 e. The number of nitrogens with one attached hydrogen (secondary N) is 4. The van der Waals surface area contributed by atoms with Gasteiger partial charge in [0.1, 0.15) is 36.3 Å². The summed E-state index contributed by atoms with van der Waals surface area (Å²) in [6, 6.07) is 0.347. The Morgan fingerprint density at radius 3 is 2.37 bits per heavy atom. The second-order valence-corrected chi connectivity index (χ2v) is 22.7. The number of rotatable bonds is 16. The molecule has 3 aliphatic rings. The van der Waals surface area contributed by atoms with Crippen LogP contribution in [-0.2, 0) is 32.9 Å². The third kappa shape index (κ3) is 14.6. The number of aliphatic hydroxyl groups is 1. The largest absolute Gasteiger partial charge is 0.455 e. The van der Waals surface area contributed by atoms with E-state index in [9.17, 15) is 24.8 Å². The fraction of sp³-hybridized carbons (Fsp3) is 0.800. The van der Waals surface area contributed by atoms with Gasteiger partial charge in [0.2, 0.25) is 5.60 Å². The van der Waals surface area contributed by atoms with Crippen LogP contribution in [0.4, 0.5) is 9.59 Å². The van der Waals surface area contributed by atoms with Gasteiger partial charge in [0.25, 0.3) is 0 Å². The first kappa shape index (κ1) is 47.8. The molecule has 2 fully saturated rings. The molecule has 0 aromatic rings. The van der Waals surface area contributed by atoms with E-state index in [0.29, 0.717) is 24.5 Å². The average Bonchev–Trinajstić information content (AvgIpc) is 3.59. The highest BCUT2D eigenvalue weighted by Gasteiger charge is 2.64. The maximum atomic E-state index is 14.3. The van der Waals surface area contributed by atoms with E-state index in [0.717, 1.165) is 38.4 Å². The number of carbonyl (C=O) groups excluding carboxylic acids is 3. The molecule has 1 saturated heterocycles. The number of carbonyl (C=O) groups is 3. The number of aliphatic imine (C=N–C) groups is 1. The quantitative estimate of drug-likeness (QED) is 0.0172. The molecule has 0 radical (unpaired) electrons. The number of amides is 2. The van der Waals surface area contributed by atoms with Crippen molar-refractivity contribution in [2.45, 2.75) is 180 Å². The molecule has 0 spiro atoms. The first-order valence-electron chi connectivity index (χ1n) is 20.4. The van der Waals surface area contributed by atoms with Gasteiger partial charge in [-0.2, -0.15) is 5.26 Å². The Balaban J connectivity index is 2.00. The molecule has 2 aliphatic heterocycles. The van der Waals surface area contributed by atoms with Gasteiger partial charge < -0.3 is 43.9 Å². The first-order valence-corrected chi connectivity index (χ1v) is 23.8. The molecule has 2 heterocycles. The Bertz CT molecular complexity index is 1470. The lowest BCUT2D eigenvalue weighted by Gasteiger charge is -2.38. The van der Waals surface area contributed by atoms with Crippen LogP contribution in [0.3, 0.4) is 0 Å². The van der Waals surface area contributed by atoms with Gasteiger partial charge in [-0.15, -0.1) is 0 Å². The fourth-order valence-corrected chi connectivity index (χ4v) is 8.22. The number of nitriles is 1. The molecular formula is C40H68N6O10Si. The molecule has 5 N–H and O–H groups in total. The zero-order chi connectivity index (χ0) is 42.6. The van der Waals surface area contributed by atoms with Gasteiger partial charge in [0.05, 0.1) is 25.0 Å². The van der Waals surface area contributed by atoms with Crippen molar-refractivity contribution in [1.82, 2.24) is 16.0 Å². The molecule has 3 unspecified atom stereocenters. The minimum atomic E-state index is -2.56. The van der Waals surface area contributed by atoms with Crippen molar-refractivity contribution in [3.05, 3.63) is 11.8 Å². The number of esters is 1. The highest BCUT2D eigenvalue weighted by atomic mass is 28.4. The smallest absolute Gasteiger partial charge is 0.412 e. The minimum Gasteiger partial charge on any atom is -0.455 e. The Morgan fingerprint density at radius 1 is 1.14 bits per heavy atom. The molecule has 2 amide bonds. The molecule has 57 heavy (non-hydrogen) atoms. The van der Waals surface area contributed by atoms with Crippen LogP contribution >= 0.6 is 0 Å². The van der Waals surface area contributed by atoms with E-state index < -0.39 is 79.8 Å². The highest BCUT2D eigenvalue weighted by Crippen LogP contribution is 2.42. The summed E-state index contributed by atoms with van der Waals surface area (Å²) in [6.45, 7) is 18.2. The summed E-state index contributed by atoms with van der Waals surface area (Å²) < 4.78 is 36.5. The van der Waals surface area contributed by atoms with Crippen LogP contribution in [0.15, 0.2) is 16.8 Å². The summed E-state index contributed by atoms with van der Waals surface area (Å²) in [5, 5.41) is 38.4. The highest BCUT2D eigenvalue weighted by molar-refractivity contribution is 6.69. The molecule has 1 aliphatic carbocycles. The number of hydrogen-bond donors (Lipinski definition) is 5. The lowest BCUT2D eigenvalue weighted by molar-refractivity contribution is -0.171. The summed E-state index contributed by atoms with van der Waals surface area (Å²) in [6.07, 6.45) is 5.00. The number of unbranched alkanes of at least 4 members (excludes halogenated alkanes) is 1. The zero-order valence-corrected chi connectivity index (χ0v) is 36.7. The summed E-state index contributed by atoms with van der Waals surface area (Å²) in [7, 11) is -2.56. The summed E-state index contributed by atoms with van der Waals surface area (Å²) in [5.41, 5.74) is -3.15. The van der Waals surface area contributed by atoms with Crippen LogP contribution in [0.25, 0.3) is 0 Å². The standard InChI is InChI=1S/C40H68N6O10Si/c1-11-12-21-51-36(49)46-34(43-25-42)27-19-20-29(44-27)40(24-41)33(56-57(8,9)10)31(28(54-40)23-52-30(47)22-26-17-15-13-14-16-18-26)53-35(48)32(38(2,3)4)45-37(50)55-39(5,6)7/h19,25-26,28-33,44,47H,11-18,20-23H2,1-10H3,(H,45,50)(H2,42,43,46,49)/t28-,29?,30?,31-,32-,33?,40+/m1/s1. The van der Waals surface area contributed by atoms with Crippen molar-refractivity contribution in [2.24, 2.45) is 16.3 Å². The van der Waals surface area contributed by atoms with Crippen LogP contribution in [0.1, 0.15) is 113 Å². The van der Waals surface area contributed by atoms with Crippen molar-refractivity contribution in [3.63, 3.8) is 0 Å². The van der Waals surface area contributed by atoms with Gasteiger partial charge in [-0.05, 0) is 64.6 Å². The lowest BCUT2D eigenvalue weighted by Crippen LogP contribution is -2.60. The predicted octanol–water partition coefficient (Wildman–Crippen LogP) is 6.19. The van der Waals surface area contributed by atoms with Gasteiger partial charge in [-0.1, -0.05) is 78.7 Å². The van der Waals surface area contributed by atoms with Crippen LogP contribution in [0, 0.1) is 28.1 Å². The second-order valence-electron chi connectivity index (χ2n) is 18.2. The number of ether oxygens (including phenoxy) is 5. The van der Waals surface area contributed by atoms with Crippen LogP contribution in [0.2, 0.25) is 19.6 Å². The molecule has 3 rings (SSSR count). The molecule has 1 saturated carbocycles. The van der Waals surface area contributed by atoms with Gasteiger partial charge in [0.15, 0.2) is 26.5 Å². The first-order chi connectivity index (χ1) is 26.6. The van der Waals surface area contributed by atoms with Crippen molar-refractivity contribution >= 4 is 38.6 Å². The van der Waals surface area contributed by atoms with Crippen LogP contribution in [-0.4, -0.2) is 105 Å². The predicted molar refractivity (Wildman–Crippen MR) is 217 cm³/mol. The van der Waals surface area contributed by atoms with E-state index in [2.05, 4.69) is 27.0 Å². The molecule has 322 valence electrons. The molecule has 17 heteroatoms. The van der Waals surface area contributed by atoms with E-state index >= 15 is 0 Å². The van der Waals surface area contributed by atoms with Crippen molar-refractivity contribution in [3.8, 4) is 6.07 Å². The maximum absolute atomic E-state index is 14.3. The van der Waals surface area contributed by atoms with E-state index in [4.69, 9.17) is 33.5 Å². The lowest BCUT2D eigenvalue weighted by atomic mass is 9.86. The summed E-state index contributed by atoms with van der Waals surface area (Å²) >= 11 is 0. The van der Waals surface area contributed by atoms with Crippen molar-refractivity contribution in [1.29, 1.82) is 10.7 Å². The molecule has 0 aromatic heterocycles. The van der Waals surface area contributed by atoms with Gasteiger partial charge in [-0.3, -0.25) is 10.7 Å². The van der Waals surface area contributed by atoms with Gasteiger partial charge in [0, 0.05) is 6.42 Å². The van der Waals surface area contributed by atoms with Crippen molar-refractivity contribution < 1.29 is 47.6 Å². The number of amidine groups is 1. The van der Waals surface area contributed by atoms with Gasteiger partial charge in [-0.25, -0.2) is 19.4 Å². The number of nitrogens with zero attached hydrogens (tertiary/aromatic N) is 2. The minimum absolute atomic E-state index is 0.00785. The van der Waals surface area contributed by atoms with E-state index in [1.54, 1.807) is 47.6 Å². The molecule has 7 atom stereocenters. The second kappa shape index (κ2) is 20.9.